The molecule has 2 amide bonds. The molecule has 2 atom stereocenters. The van der Waals surface area contributed by atoms with E-state index in [1.165, 1.54) is 0 Å². The Labute approximate surface area is 230 Å². The van der Waals surface area contributed by atoms with Gasteiger partial charge in [0.2, 0.25) is 11.8 Å². The summed E-state index contributed by atoms with van der Waals surface area (Å²) in [6.07, 6.45) is 3.02. The van der Waals surface area contributed by atoms with Gasteiger partial charge < -0.3 is 26.2 Å². The number of likely N-dealkylation sites (tertiary alicyclic amines) is 2. The molecule has 2 saturated heterocycles. The summed E-state index contributed by atoms with van der Waals surface area (Å²) < 4.78 is 26.4. The molecular weight excluding hydrogens is 516 g/mol. The maximum absolute atomic E-state index is 13.4. The number of rotatable bonds is 9. The summed E-state index contributed by atoms with van der Waals surface area (Å²) >= 11 is 0. The summed E-state index contributed by atoms with van der Waals surface area (Å²) in [4.78, 5) is 30.0. The quantitative estimate of drug-likeness (QED) is 0.274. The summed E-state index contributed by atoms with van der Waals surface area (Å²) in [6.45, 7) is 4.11. The molecule has 2 heterocycles. The van der Waals surface area contributed by atoms with Crippen LogP contribution in [0.2, 0.25) is 0 Å². The van der Waals surface area contributed by atoms with Crippen molar-refractivity contribution in [3.63, 3.8) is 0 Å². The van der Waals surface area contributed by atoms with Crippen LogP contribution in [-0.4, -0.2) is 74.3 Å². The van der Waals surface area contributed by atoms with Crippen molar-refractivity contribution in [2.75, 3.05) is 31.5 Å². The normalized spacial score (nSPS) is 18.9. The van der Waals surface area contributed by atoms with Crippen LogP contribution < -0.4 is 16.4 Å². The summed E-state index contributed by atoms with van der Waals surface area (Å²) in [5.41, 5.74) is 6.62. The molecule has 2 aliphatic heterocycles. The Kier molecular flexibility index (Phi) is 9.11. The van der Waals surface area contributed by atoms with Crippen molar-refractivity contribution in [1.82, 2.24) is 15.1 Å². The average molecular weight is 555 g/mol. The second-order valence-corrected chi connectivity index (χ2v) is 12.3. The number of nitrogens with two attached hydrogens (primary N) is 1. The van der Waals surface area contributed by atoms with Gasteiger partial charge in [0.05, 0.1) is 16.3 Å². The summed E-state index contributed by atoms with van der Waals surface area (Å²) in [7, 11) is -3.66. The van der Waals surface area contributed by atoms with E-state index in [-0.39, 0.29) is 28.4 Å². The number of hydrogen-bond acceptors (Lipinski definition) is 6. The van der Waals surface area contributed by atoms with Gasteiger partial charge in [-0.2, -0.15) is 0 Å². The van der Waals surface area contributed by atoms with Gasteiger partial charge in [0.25, 0.3) is 0 Å². The molecule has 11 heteroatoms. The molecule has 39 heavy (non-hydrogen) atoms. The van der Waals surface area contributed by atoms with E-state index >= 15 is 0 Å². The van der Waals surface area contributed by atoms with Crippen LogP contribution in [0.4, 0.5) is 5.69 Å². The van der Waals surface area contributed by atoms with Gasteiger partial charge in [0.15, 0.2) is 15.8 Å². The number of hydrogen-bond donors (Lipinski definition) is 4. The predicted molar refractivity (Wildman–Crippen MR) is 151 cm³/mol. The zero-order chi connectivity index (χ0) is 28.0. The molecule has 0 aliphatic carbocycles. The lowest BCUT2D eigenvalue weighted by Gasteiger charge is -2.33. The zero-order valence-electron chi connectivity index (χ0n) is 22.3. The highest BCUT2D eigenvalue weighted by atomic mass is 32.2. The standard InChI is InChI=1S/C28H38N6O4S/c1-20(32-23-10-5-6-12-25(23)39(37,38)19-22-8-3-2-4-9-22)27(36)34-15-7-11-24(34)26(35)31-18-21-13-16-33(17-14-21)28(29)30/h2-6,8-10,12,20-21,24,32H,7,11,13-19H2,1H3,(H3,29,30)(H,31,35)/t20?,24-/m0/s1. The first-order valence-corrected chi connectivity index (χ1v) is 15.1. The lowest BCUT2D eigenvalue weighted by molar-refractivity contribution is -0.138. The van der Waals surface area contributed by atoms with Crippen molar-refractivity contribution in [2.45, 2.75) is 55.3 Å². The molecule has 210 valence electrons. The van der Waals surface area contributed by atoms with Crippen molar-refractivity contribution in [1.29, 1.82) is 5.41 Å². The Hall–Kier alpha value is -3.60. The number of carbonyl (C=O) groups is 2. The van der Waals surface area contributed by atoms with Crippen LogP contribution >= 0.6 is 0 Å². The fourth-order valence-electron chi connectivity index (χ4n) is 5.32. The number of anilines is 1. The highest BCUT2D eigenvalue weighted by molar-refractivity contribution is 7.90. The zero-order valence-corrected chi connectivity index (χ0v) is 23.1. The van der Waals surface area contributed by atoms with E-state index in [4.69, 9.17) is 11.1 Å². The average Bonchev–Trinajstić information content (AvgIpc) is 3.42. The Balaban J connectivity index is 1.36. The van der Waals surface area contributed by atoms with Crippen molar-refractivity contribution >= 4 is 33.3 Å². The van der Waals surface area contributed by atoms with Gasteiger partial charge in [-0.3, -0.25) is 15.0 Å². The highest BCUT2D eigenvalue weighted by Gasteiger charge is 2.36. The molecule has 0 saturated carbocycles. The first-order chi connectivity index (χ1) is 18.7. The van der Waals surface area contributed by atoms with E-state index in [9.17, 15) is 18.0 Å². The molecule has 0 spiro atoms. The van der Waals surface area contributed by atoms with E-state index in [2.05, 4.69) is 10.6 Å². The van der Waals surface area contributed by atoms with Gasteiger partial charge >= 0.3 is 0 Å². The van der Waals surface area contributed by atoms with Crippen LogP contribution in [0.15, 0.2) is 59.5 Å². The monoisotopic (exact) mass is 554 g/mol. The third-order valence-electron chi connectivity index (χ3n) is 7.52. The van der Waals surface area contributed by atoms with E-state index in [1.807, 2.05) is 11.0 Å². The van der Waals surface area contributed by atoms with Crippen molar-refractivity contribution in [3.05, 3.63) is 60.2 Å². The number of nitrogens with one attached hydrogen (secondary N) is 3. The predicted octanol–water partition coefficient (Wildman–Crippen LogP) is 2.17. The summed E-state index contributed by atoms with van der Waals surface area (Å²) in [5.74, 6) is -0.149. The Morgan fingerprint density at radius 1 is 1.03 bits per heavy atom. The third kappa shape index (κ3) is 7.08. The number of guanidine groups is 1. The van der Waals surface area contributed by atoms with Gasteiger partial charge in [0.1, 0.15) is 12.1 Å². The van der Waals surface area contributed by atoms with E-state index in [0.717, 1.165) is 19.3 Å². The van der Waals surface area contributed by atoms with Crippen LogP contribution in [0.3, 0.4) is 0 Å². The molecule has 0 bridgehead atoms. The maximum atomic E-state index is 13.4. The summed E-state index contributed by atoms with van der Waals surface area (Å²) in [5, 5.41) is 13.7. The fourth-order valence-corrected chi connectivity index (χ4v) is 6.85. The molecule has 2 aliphatic rings. The minimum absolute atomic E-state index is 0.0803. The van der Waals surface area contributed by atoms with Gasteiger partial charge in [-0.15, -0.1) is 0 Å². The molecule has 5 N–H and O–H groups in total. The largest absolute Gasteiger partial charge is 0.373 e. The molecule has 1 unspecified atom stereocenters. The van der Waals surface area contributed by atoms with Crippen LogP contribution in [0.25, 0.3) is 0 Å². The Morgan fingerprint density at radius 2 is 1.69 bits per heavy atom. The topological polar surface area (TPSA) is 149 Å². The Bertz CT molecular complexity index is 1280. The number of amides is 2. The molecule has 10 nitrogen and oxygen atoms in total. The van der Waals surface area contributed by atoms with Crippen molar-refractivity contribution in [2.24, 2.45) is 11.7 Å². The molecule has 4 rings (SSSR count). The SMILES string of the molecule is CC(Nc1ccccc1S(=O)(=O)Cc1ccccc1)C(=O)N1CCC[C@H]1C(=O)NCC1CCN(C(=N)N)CC1. The molecule has 2 aromatic carbocycles. The second kappa shape index (κ2) is 12.5. The van der Waals surface area contributed by atoms with Crippen LogP contribution in [0.1, 0.15) is 38.2 Å². The van der Waals surface area contributed by atoms with Gasteiger partial charge in [-0.25, -0.2) is 8.42 Å². The smallest absolute Gasteiger partial charge is 0.245 e. The van der Waals surface area contributed by atoms with Gasteiger partial charge in [-0.05, 0) is 56.2 Å². The number of benzene rings is 2. The van der Waals surface area contributed by atoms with Crippen molar-refractivity contribution in [3.8, 4) is 0 Å². The number of piperidine rings is 1. The second-order valence-electron chi connectivity index (χ2n) is 10.4. The first kappa shape index (κ1) is 28.4. The summed E-state index contributed by atoms with van der Waals surface area (Å²) in [6, 6.07) is 14.3. The maximum Gasteiger partial charge on any atom is 0.245 e. The first-order valence-electron chi connectivity index (χ1n) is 13.4. The van der Waals surface area contributed by atoms with Gasteiger partial charge in [-0.1, -0.05) is 42.5 Å². The minimum atomic E-state index is -3.66. The van der Waals surface area contributed by atoms with Crippen molar-refractivity contribution < 1.29 is 18.0 Å². The molecule has 0 radical (unpaired) electrons. The lowest BCUT2D eigenvalue weighted by Crippen LogP contribution is -2.51. The third-order valence-corrected chi connectivity index (χ3v) is 9.26. The fraction of sp³-hybridized carbons (Fsp3) is 0.464. The number of nitrogens with zero attached hydrogens (tertiary/aromatic N) is 2. The van der Waals surface area contributed by atoms with Gasteiger partial charge in [0, 0.05) is 26.2 Å². The number of para-hydroxylation sites is 1. The highest BCUT2D eigenvalue weighted by Crippen LogP contribution is 2.27. The number of sulfone groups is 1. The van der Waals surface area contributed by atoms with E-state index in [1.54, 1.807) is 60.4 Å². The number of carbonyl (C=O) groups excluding carboxylic acids is 2. The van der Waals surface area contributed by atoms with Crippen LogP contribution in [-0.2, 0) is 25.2 Å². The molecule has 0 aromatic heterocycles. The van der Waals surface area contributed by atoms with Crippen LogP contribution in [0.5, 0.6) is 0 Å². The minimum Gasteiger partial charge on any atom is -0.373 e. The Morgan fingerprint density at radius 3 is 2.38 bits per heavy atom. The van der Waals surface area contributed by atoms with Crippen LogP contribution in [0, 0.1) is 11.3 Å². The van der Waals surface area contributed by atoms with E-state index < -0.39 is 21.9 Å². The molecular formula is C28H38N6O4S. The van der Waals surface area contributed by atoms with E-state index in [0.29, 0.717) is 49.8 Å². The molecule has 2 fully saturated rings. The molecule has 2 aromatic rings. The lowest BCUT2D eigenvalue weighted by atomic mass is 9.97.